The zero-order valence-electron chi connectivity index (χ0n) is 9.77. The van der Waals surface area contributed by atoms with Crippen LogP contribution >= 0.6 is 15.9 Å². The maximum atomic E-state index is 11.9. The predicted octanol–water partition coefficient (Wildman–Crippen LogP) is 3.81. The van der Waals surface area contributed by atoms with Gasteiger partial charge in [-0.1, -0.05) is 28.1 Å². The molecular formula is C14H11BrO3. The summed E-state index contributed by atoms with van der Waals surface area (Å²) in [6, 6.07) is 8.59. The van der Waals surface area contributed by atoms with Gasteiger partial charge in [-0.3, -0.25) is 9.59 Å². The molecule has 2 rings (SSSR count). The van der Waals surface area contributed by atoms with Crippen LogP contribution < -0.4 is 0 Å². The van der Waals surface area contributed by atoms with Crippen molar-refractivity contribution in [3.8, 4) is 0 Å². The van der Waals surface area contributed by atoms with E-state index in [9.17, 15) is 9.59 Å². The number of halogens is 1. The molecule has 3 nitrogen and oxygen atoms in total. The topological polar surface area (TPSA) is 47.3 Å². The summed E-state index contributed by atoms with van der Waals surface area (Å²) in [7, 11) is 0. The Labute approximate surface area is 113 Å². The van der Waals surface area contributed by atoms with Crippen LogP contribution in [0.25, 0.3) is 0 Å². The van der Waals surface area contributed by atoms with Crippen LogP contribution in [-0.4, -0.2) is 11.6 Å². The first kappa shape index (κ1) is 12.8. The molecule has 0 aliphatic carbocycles. The van der Waals surface area contributed by atoms with Crippen LogP contribution in [0.4, 0.5) is 0 Å². The van der Waals surface area contributed by atoms with Crippen LogP contribution in [0.15, 0.2) is 45.5 Å². The summed E-state index contributed by atoms with van der Waals surface area (Å²) in [6.45, 7) is 1.71. The van der Waals surface area contributed by atoms with Gasteiger partial charge in [-0.25, -0.2) is 0 Å². The molecule has 1 aromatic heterocycles. The molecule has 0 spiro atoms. The van der Waals surface area contributed by atoms with Crippen molar-refractivity contribution < 1.29 is 14.0 Å². The van der Waals surface area contributed by atoms with Crippen molar-refractivity contribution in [1.29, 1.82) is 0 Å². The van der Waals surface area contributed by atoms with Crippen molar-refractivity contribution in [2.75, 3.05) is 0 Å². The van der Waals surface area contributed by atoms with Crippen LogP contribution in [0.5, 0.6) is 0 Å². The predicted molar refractivity (Wildman–Crippen MR) is 70.9 cm³/mol. The van der Waals surface area contributed by atoms with E-state index >= 15 is 0 Å². The second-order valence-electron chi connectivity index (χ2n) is 3.92. The van der Waals surface area contributed by atoms with Crippen LogP contribution in [-0.2, 0) is 0 Å². The SMILES string of the molecule is Cc1occc1C(=O)CC(=O)c1cccc(Br)c1. The Balaban J connectivity index is 2.13. The molecule has 1 heterocycles. The fourth-order valence-corrected chi connectivity index (χ4v) is 2.08. The zero-order valence-corrected chi connectivity index (χ0v) is 11.4. The van der Waals surface area contributed by atoms with Crippen LogP contribution in [0.2, 0.25) is 0 Å². The van der Waals surface area contributed by atoms with Crippen molar-refractivity contribution in [3.05, 3.63) is 58.0 Å². The number of hydrogen-bond donors (Lipinski definition) is 0. The molecule has 0 aliphatic rings. The summed E-state index contributed by atoms with van der Waals surface area (Å²) in [4.78, 5) is 23.8. The molecule has 0 saturated carbocycles. The number of benzene rings is 1. The first-order valence-corrected chi connectivity index (χ1v) is 6.23. The molecular weight excluding hydrogens is 296 g/mol. The minimum Gasteiger partial charge on any atom is -0.469 e. The van der Waals surface area contributed by atoms with Gasteiger partial charge in [0.2, 0.25) is 0 Å². The second-order valence-corrected chi connectivity index (χ2v) is 4.84. The van der Waals surface area contributed by atoms with E-state index in [4.69, 9.17) is 4.42 Å². The summed E-state index contributed by atoms with van der Waals surface area (Å²) >= 11 is 3.29. The molecule has 0 fully saturated rings. The summed E-state index contributed by atoms with van der Waals surface area (Å²) in [5, 5.41) is 0. The first-order chi connectivity index (χ1) is 8.58. The van der Waals surface area contributed by atoms with E-state index in [1.165, 1.54) is 6.26 Å². The quantitative estimate of drug-likeness (QED) is 0.637. The molecule has 0 bridgehead atoms. The Kier molecular flexibility index (Phi) is 3.77. The molecule has 18 heavy (non-hydrogen) atoms. The Hall–Kier alpha value is -1.68. The van der Waals surface area contributed by atoms with Gasteiger partial charge in [0.15, 0.2) is 11.6 Å². The van der Waals surface area contributed by atoms with Gasteiger partial charge >= 0.3 is 0 Å². The molecule has 0 radical (unpaired) electrons. The summed E-state index contributed by atoms with van der Waals surface area (Å²) in [5.41, 5.74) is 0.997. The molecule has 92 valence electrons. The number of furan rings is 1. The van der Waals surface area contributed by atoms with Gasteiger partial charge in [-0.2, -0.15) is 0 Å². The van der Waals surface area contributed by atoms with E-state index in [-0.39, 0.29) is 18.0 Å². The molecule has 0 saturated heterocycles. The number of carbonyl (C=O) groups is 2. The van der Waals surface area contributed by atoms with E-state index in [2.05, 4.69) is 15.9 Å². The lowest BCUT2D eigenvalue weighted by atomic mass is 10.0. The average molecular weight is 307 g/mol. The fourth-order valence-electron chi connectivity index (χ4n) is 1.68. The van der Waals surface area contributed by atoms with Crippen molar-refractivity contribution in [2.24, 2.45) is 0 Å². The van der Waals surface area contributed by atoms with Crippen molar-refractivity contribution in [1.82, 2.24) is 0 Å². The lowest BCUT2D eigenvalue weighted by Crippen LogP contribution is -2.08. The molecule has 0 aliphatic heterocycles. The third kappa shape index (κ3) is 2.76. The third-order valence-corrected chi connectivity index (χ3v) is 3.12. The number of aryl methyl sites for hydroxylation is 1. The molecule has 2 aromatic rings. The van der Waals surface area contributed by atoms with Gasteiger partial charge in [-0.15, -0.1) is 0 Å². The van der Waals surface area contributed by atoms with E-state index in [0.29, 0.717) is 16.9 Å². The first-order valence-electron chi connectivity index (χ1n) is 5.44. The molecule has 1 aromatic carbocycles. The third-order valence-electron chi connectivity index (χ3n) is 2.63. The Morgan fingerprint density at radius 1 is 1.22 bits per heavy atom. The molecule has 0 unspecified atom stereocenters. The minimum atomic E-state index is -0.216. The Morgan fingerprint density at radius 2 is 2.00 bits per heavy atom. The van der Waals surface area contributed by atoms with E-state index in [1.54, 1.807) is 31.2 Å². The number of hydrogen-bond acceptors (Lipinski definition) is 3. The highest BCUT2D eigenvalue weighted by Gasteiger charge is 2.16. The normalized spacial score (nSPS) is 10.3. The maximum absolute atomic E-state index is 11.9. The van der Waals surface area contributed by atoms with E-state index in [0.717, 1.165) is 4.47 Å². The van der Waals surface area contributed by atoms with Crippen LogP contribution in [0, 0.1) is 6.92 Å². The largest absolute Gasteiger partial charge is 0.469 e. The fraction of sp³-hybridized carbons (Fsp3) is 0.143. The number of Topliss-reactive ketones (excluding diaryl/α,β-unsaturated/α-hetero) is 2. The monoisotopic (exact) mass is 306 g/mol. The van der Waals surface area contributed by atoms with Crippen molar-refractivity contribution in [2.45, 2.75) is 13.3 Å². The number of carbonyl (C=O) groups excluding carboxylic acids is 2. The van der Waals surface area contributed by atoms with Gasteiger partial charge in [0, 0.05) is 10.0 Å². The molecule has 4 heteroatoms. The highest BCUT2D eigenvalue weighted by Crippen LogP contribution is 2.16. The van der Waals surface area contributed by atoms with Crippen molar-refractivity contribution in [3.63, 3.8) is 0 Å². The van der Waals surface area contributed by atoms with Crippen LogP contribution in [0.3, 0.4) is 0 Å². The lowest BCUT2D eigenvalue weighted by Gasteiger charge is -2.01. The summed E-state index contributed by atoms with van der Waals surface area (Å²) in [5.74, 6) is 0.134. The number of ketones is 2. The lowest BCUT2D eigenvalue weighted by molar-refractivity contribution is 0.0893. The molecule has 0 atom stereocenters. The summed E-state index contributed by atoms with van der Waals surface area (Å²) < 4.78 is 5.87. The Morgan fingerprint density at radius 3 is 2.61 bits per heavy atom. The standard InChI is InChI=1S/C14H11BrO3/c1-9-12(5-6-18-9)14(17)8-13(16)10-3-2-4-11(15)7-10/h2-7H,8H2,1H3. The minimum absolute atomic E-state index is 0.142. The van der Waals surface area contributed by atoms with Gasteiger partial charge in [-0.05, 0) is 25.1 Å². The smallest absolute Gasteiger partial charge is 0.174 e. The second kappa shape index (κ2) is 5.31. The number of rotatable bonds is 4. The van der Waals surface area contributed by atoms with Crippen molar-refractivity contribution >= 4 is 27.5 Å². The van der Waals surface area contributed by atoms with Gasteiger partial charge < -0.3 is 4.42 Å². The highest BCUT2D eigenvalue weighted by atomic mass is 79.9. The van der Waals surface area contributed by atoms with E-state index in [1.807, 2.05) is 6.07 Å². The average Bonchev–Trinajstić information content (AvgIpc) is 2.75. The zero-order chi connectivity index (χ0) is 13.1. The maximum Gasteiger partial charge on any atom is 0.174 e. The summed E-state index contributed by atoms with van der Waals surface area (Å²) in [6.07, 6.45) is 1.31. The van der Waals surface area contributed by atoms with Gasteiger partial charge in [0.05, 0.1) is 18.2 Å². The molecule has 0 N–H and O–H groups in total. The van der Waals surface area contributed by atoms with E-state index < -0.39 is 0 Å². The van der Waals surface area contributed by atoms with Gasteiger partial charge in [0.1, 0.15) is 5.76 Å². The Bertz CT molecular complexity index is 599. The molecule has 0 amide bonds. The highest BCUT2D eigenvalue weighted by molar-refractivity contribution is 9.10. The van der Waals surface area contributed by atoms with Gasteiger partial charge in [0.25, 0.3) is 0 Å². The van der Waals surface area contributed by atoms with Crippen LogP contribution in [0.1, 0.15) is 32.9 Å².